The maximum atomic E-state index is 4.71. The fraction of sp³-hybridized carbons (Fsp3) is 0.273. The van der Waals surface area contributed by atoms with Crippen molar-refractivity contribution < 1.29 is 0 Å². The standard InChI is InChI=1S/C22H25N5/c1-18-7-9-19(10-8-18)17-24-21-11-12-23-22(25-21)27-15-13-26(14-16-27)20-5-3-2-4-6-20/h2-12H,13-17H2,1H3,(H,23,24,25). The third kappa shape index (κ3) is 4.37. The summed E-state index contributed by atoms with van der Waals surface area (Å²) in [6, 6.07) is 21.1. The largest absolute Gasteiger partial charge is 0.368 e. The Hall–Kier alpha value is -3.08. The second kappa shape index (κ2) is 8.08. The number of anilines is 3. The fourth-order valence-corrected chi connectivity index (χ4v) is 3.30. The molecule has 138 valence electrons. The second-order valence-corrected chi connectivity index (χ2v) is 6.89. The average molecular weight is 359 g/mol. The van der Waals surface area contributed by atoms with Gasteiger partial charge in [-0.2, -0.15) is 4.98 Å². The highest BCUT2D eigenvalue weighted by Crippen LogP contribution is 2.19. The molecule has 27 heavy (non-hydrogen) atoms. The lowest BCUT2D eigenvalue weighted by Crippen LogP contribution is -2.47. The molecule has 2 heterocycles. The zero-order valence-corrected chi connectivity index (χ0v) is 15.7. The molecule has 1 aliphatic rings. The predicted molar refractivity (Wildman–Crippen MR) is 111 cm³/mol. The van der Waals surface area contributed by atoms with Crippen molar-refractivity contribution in [2.45, 2.75) is 13.5 Å². The van der Waals surface area contributed by atoms with Gasteiger partial charge in [0.25, 0.3) is 0 Å². The third-order valence-corrected chi connectivity index (χ3v) is 4.92. The van der Waals surface area contributed by atoms with E-state index in [2.05, 4.69) is 81.6 Å². The van der Waals surface area contributed by atoms with Gasteiger partial charge in [-0.25, -0.2) is 4.98 Å². The van der Waals surface area contributed by atoms with Crippen LogP contribution in [0.15, 0.2) is 66.9 Å². The molecule has 1 aromatic heterocycles. The van der Waals surface area contributed by atoms with Gasteiger partial charge in [-0.1, -0.05) is 48.0 Å². The monoisotopic (exact) mass is 359 g/mol. The quantitative estimate of drug-likeness (QED) is 0.752. The van der Waals surface area contributed by atoms with E-state index in [4.69, 9.17) is 4.98 Å². The molecule has 5 heteroatoms. The first-order valence-electron chi connectivity index (χ1n) is 9.45. The molecule has 0 aliphatic carbocycles. The van der Waals surface area contributed by atoms with Gasteiger partial charge in [-0.15, -0.1) is 0 Å². The van der Waals surface area contributed by atoms with Crippen LogP contribution in [-0.4, -0.2) is 36.1 Å². The molecule has 2 aromatic carbocycles. The number of benzene rings is 2. The molecular weight excluding hydrogens is 334 g/mol. The summed E-state index contributed by atoms with van der Waals surface area (Å²) in [5.74, 6) is 1.67. The number of piperazine rings is 1. The van der Waals surface area contributed by atoms with Crippen LogP contribution in [0.25, 0.3) is 0 Å². The van der Waals surface area contributed by atoms with E-state index < -0.39 is 0 Å². The number of nitrogens with one attached hydrogen (secondary N) is 1. The van der Waals surface area contributed by atoms with Crippen LogP contribution in [0.3, 0.4) is 0 Å². The Bertz CT molecular complexity index is 855. The molecule has 5 nitrogen and oxygen atoms in total. The van der Waals surface area contributed by atoms with Crippen LogP contribution in [0.2, 0.25) is 0 Å². The lowest BCUT2D eigenvalue weighted by atomic mass is 10.1. The zero-order valence-electron chi connectivity index (χ0n) is 15.7. The van der Waals surface area contributed by atoms with Crippen LogP contribution < -0.4 is 15.1 Å². The Morgan fingerprint density at radius 1 is 0.852 bits per heavy atom. The Morgan fingerprint density at radius 2 is 1.56 bits per heavy atom. The molecule has 0 unspecified atom stereocenters. The average Bonchev–Trinajstić information content (AvgIpc) is 2.74. The maximum absolute atomic E-state index is 4.71. The minimum Gasteiger partial charge on any atom is -0.368 e. The molecule has 0 saturated carbocycles. The fourth-order valence-electron chi connectivity index (χ4n) is 3.30. The van der Waals surface area contributed by atoms with Crippen LogP contribution in [0.4, 0.5) is 17.5 Å². The Balaban J connectivity index is 1.36. The van der Waals surface area contributed by atoms with E-state index in [1.54, 1.807) is 0 Å². The van der Waals surface area contributed by atoms with Crippen LogP contribution >= 0.6 is 0 Å². The van der Waals surface area contributed by atoms with Gasteiger partial charge in [0, 0.05) is 44.6 Å². The molecule has 1 saturated heterocycles. The van der Waals surface area contributed by atoms with Crippen molar-refractivity contribution in [3.05, 3.63) is 78.0 Å². The van der Waals surface area contributed by atoms with Crippen LogP contribution in [-0.2, 0) is 6.54 Å². The predicted octanol–water partition coefficient (Wildman–Crippen LogP) is 3.72. The molecule has 0 amide bonds. The smallest absolute Gasteiger partial charge is 0.227 e. The van der Waals surface area contributed by atoms with Gasteiger partial charge in [0.1, 0.15) is 5.82 Å². The number of aryl methyl sites for hydroxylation is 1. The molecule has 0 spiro atoms. The Labute approximate surface area is 160 Å². The van der Waals surface area contributed by atoms with Gasteiger partial charge in [-0.3, -0.25) is 0 Å². The number of hydrogen-bond donors (Lipinski definition) is 1. The number of hydrogen-bond acceptors (Lipinski definition) is 5. The molecular formula is C22H25N5. The van der Waals surface area contributed by atoms with E-state index in [9.17, 15) is 0 Å². The summed E-state index contributed by atoms with van der Waals surface area (Å²) in [4.78, 5) is 13.9. The molecule has 1 fully saturated rings. The van der Waals surface area contributed by atoms with E-state index in [0.717, 1.165) is 44.5 Å². The van der Waals surface area contributed by atoms with Crippen LogP contribution in [0, 0.1) is 6.92 Å². The Morgan fingerprint density at radius 3 is 2.30 bits per heavy atom. The third-order valence-electron chi connectivity index (χ3n) is 4.92. The van der Waals surface area contributed by atoms with E-state index in [-0.39, 0.29) is 0 Å². The van der Waals surface area contributed by atoms with Crippen molar-refractivity contribution >= 4 is 17.5 Å². The van der Waals surface area contributed by atoms with Crippen molar-refractivity contribution in [2.75, 3.05) is 41.3 Å². The summed E-state index contributed by atoms with van der Waals surface area (Å²) in [7, 11) is 0. The second-order valence-electron chi connectivity index (χ2n) is 6.89. The first kappa shape index (κ1) is 17.3. The molecule has 0 radical (unpaired) electrons. The molecule has 3 aromatic rings. The number of rotatable bonds is 5. The highest BCUT2D eigenvalue weighted by atomic mass is 15.3. The minimum atomic E-state index is 0.762. The van der Waals surface area contributed by atoms with Crippen LogP contribution in [0.1, 0.15) is 11.1 Å². The van der Waals surface area contributed by atoms with Gasteiger partial charge in [0.05, 0.1) is 0 Å². The summed E-state index contributed by atoms with van der Waals surface area (Å²) in [6.07, 6.45) is 1.84. The lowest BCUT2D eigenvalue weighted by Gasteiger charge is -2.36. The normalized spacial score (nSPS) is 14.3. The van der Waals surface area contributed by atoms with E-state index >= 15 is 0 Å². The first-order chi connectivity index (χ1) is 13.3. The molecule has 0 bridgehead atoms. The number of nitrogens with zero attached hydrogens (tertiary/aromatic N) is 4. The summed E-state index contributed by atoms with van der Waals surface area (Å²) in [5.41, 5.74) is 3.81. The van der Waals surface area contributed by atoms with Gasteiger partial charge in [0.15, 0.2) is 0 Å². The first-order valence-corrected chi connectivity index (χ1v) is 9.45. The highest BCUT2D eigenvalue weighted by molar-refractivity contribution is 5.49. The molecule has 1 aliphatic heterocycles. The van der Waals surface area contributed by atoms with Crippen molar-refractivity contribution in [2.24, 2.45) is 0 Å². The molecule has 4 rings (SSSR count). The van der Waals surface area contributed by atoms with Crippen molar-refractivity contribution in [1.29, 1.82) is 0 Å². The SMILES string of the molecule is Cc1ccc(CNc2ccnc(N3CCN(c4ccccc4)CC3)n2)cc1. The van der Waals surface area contributed by atoms with Gasteiger partial charge in [0.2, 0.25) is 5.95 Å². The van der Waals surface area contributed by atoms with Gasteiger partial charge in [-0.05, 0) is 30.7 Å². The summed E-state index contributed by atoms with van der Waals surface area (Å²) in [6.45, 7) is 6.68. The highest BCUT2D eigenvalue weighted by Gasteiger charge is 2.19. The lowest BCUT2D eigenvalue weighted by molar-refractivity contribution is 0.640. The Kier molecular flexibility index (Phi) is 5.19. The van der Waals surface area contributed by atoms with E-state index in [1.165, 1.54) is 16.8 Å². The molecule has 1 N–H and O–H groups in total. The van der Waals surface area contributed by atoms with E-state index in [0.29, 0.717) is 0 Å². The maximum Gasteiger partial charge on any atom is 0.227 e. The van der Waals surface area contributed by atoms with Crippen molar-refractivity contribution in [1.82, 2.24) is 9.97 Å². The van der Waals surface area contributed by atoms with Crippen molar-refractivity contribution in [3.63, 3.8) is 0 Å². The number of aromatic nitrogens is 2. The van der Waals surface area contributed by atoms with Crippen molar-refractivity contribution in [3.8, 4) is 0 Å². The van der Waals surface area contributed by atoms with Crippen LogP contribution in [0.5, 0.6) is 0 Å². The summed E-state index contributed by atoms with van der Waals surface area (Å²) >= 11 is 0. The zero-order chi connectivity index (χ0) is 18.5. The minimum absolute atomic E-state index is 0.762. The molecule has 0 atom stereocenters. The summed E-state index contributed by atoms with van der Waals surface area (Å²) < 4.78 is 0. The topological polar surface area (TPSA) is 44.3 Å². The van der Waals surface area contributed by atoms with E-state index in [1.807, 2.05) is 12.3 Å². The van der Waals surface area contributed by atoms with Gasteiger partial charge < -0.3 is 15.1 Å². The number of para-hydroxylation sites is 1. The summed E-state index contributed by atoms with van der Waals surface area (Å²) in [5, 5.41) is 3.41. The van der Waals surface area contributed by atoms with Gasteiger partial charge >= 0.3 is 0 Å².